The fourth-order valence-corrected chi connectivity index (χ4v) is 3.72. The molecule has 6 heteroatoms. The molecule has 0 aromatic rings. The number of piperidine rings is 1. The van der Waals surface area contributed by atoms with Gasteiger partial charge in [0.15, 0.2) is 0 Å². The van der Waals surface area contributed by atoms with Crippen LogP contribution in [0.5, 0.6) is 0 Å². The average molecular weight is 368 g/mol. The van der Waals surface area contributed by atoms with E-state index >= 15 is 0 Å². The Morgan fingerprint density at radius 2 is 1.54 bits per heavy atom. The standard InChI is InChI=1S/C20H37N3O3/c1-20(2,3)26-19(25)23-13-11-16(12-14-23)15-21-18(24)22-17-9-7-5-4-6-8-10-17/h16-17H,4-15H2,1-3H3,(H2,21,22,24). The number of carbonyl (C=O) groups is 2. The SMILES string of the molecule is CC(C)(C)OC(=O)N1CCC(CNC(=O)NC2CCCCCCC2)CC1. The summed E-state index contributed by atoms with van der Waals surface area (Å²) in [7, 11) is 0. The zero-order valence-corrected chi connectivity index (χ0v) is 16.8. The van der Waals surface area contributed by atoms with E-state index in [1.54, 1.807) is 4.90 Å². The van der Waals surface area contributed by atoms with Crippen molar-refractivity contribution in [3.63, 3.8) is 0 Å². The Bertz CT molecular complexity index is 446. The Morgan fingerprint density at radius 3 is 2.12 bits per heavy atom. The van der Waals surface area contributed by atoms with E-state index in [4.69, 9.17) is 4.74 Å². The molecular formula is C20H37N3O3. The fraction of sp³-hybridized carbons (Fsp3) is 0.900. The molecule has 6 nitrogen and oxygen atoms in total. The molecule has 2 aliphatic rings. The lowest BCUT2D eigenvalue weighted by atomic mass is 9.96. The first-order chi connectivity index (χ1) is 12.3. The lowest BCUT2D eigenvalue weighted by Crippen LogP contribution is -2.46. The number of likely N-dealkylation sites (tertiary alicyclic amines) is 1. The van der Waals surface area contributed by atoms with Crippen LogP contribution in [0.25, 0.3) is 0 Å². The molecule has 1 saturated heterocycles. The second-order valence-electron chi connectivity index (χ2n) is 8.81. The molecule has 26 heavy (non-hydrogen) atoms. The number of nitrogens with zero attached hydrogens (tertiary/aromatic N) is 1. The van der Waals surface area contributed by atoms with Gasteiger partial charge in [-0.25, -0.2) is 9.59 Å². The van der Waals surface area contributed by atoms with Crippen LogP contribution >= 0.6 is 0 Å². The van der Waals surface area contributed by atoms with Gasteiger partial charge in [0.1, 0.15) is 5.60 Å². The van der Waals surface area contributed by atoms with Crippen molar-refractivity contribution in [3.8, 4) is 0 Å². The highest BCUT2D eigenvalue weighted by molar-refractivity contribution is 5.74. The molecule has 0 aromatic carbocycles. The lowest BCUT2D eigenvalue weighted by Gasteiger charge is -2.33. The molecule has 0 radical (unpaired) electrons. The van der Waals surface area contributed by atoms with Crippen molar-refractivity contribution in [2.24, 2.45) is 5.92 Å². The van der Waals surface area contributed by atoms with Gasteiger partial charge in [-0.3, -0.25) is 0 Å². The van der Waals surface area contributed by atoms with Crippen molar-refractivity contribution in [2.45, 2.75) is 90.2 Å². The van der Waals surface area contributed by atoms with E-state index < -0.39 is 5.60 Å². The van der Waals surface area contributed by atoms with Gasteiger partial charge < -0.3 is 20.3 Å². The Labute approximate surface area is 158 Å². The van der Waals surface area contributed by atoms with E-state index in [0.717, 1.165) is 25.7 Å². The molecule has 3 amide bonds. The van der Waals surface area contributed by atoms with Gasteiger partial charge in [-0.2, -0.15) is 0 Å². The number of rotatable bonds is 3. The van der Waals surface area contributed by atoms with Gasteiger partial charge in [0.05, 0.1) is 0 Å². The summed E-state index contributed by atoms with van der Waals surface area (Å²) < 4.78 is 5.42. The largest absolute Gasteiger partial charge is 0.444 e. The summed E-state index contributed by atoms with van der Waals surface area (Å²) in [6, 6.07) is 0.287. The van der Waals surface area contributed by atoms with Crippen molar-refractivity contribution >= 4 is 12.1 Å². The smallest absolute Gasteiger partial charge is 0.410 e. The van der Waals surface area contributed by atoms with E-state index in [1.165, 1.54) is 32.1 Å². The Morgan fingerprint density at radius 1 is 0.962 bits per heavy atom. The normalized spacial score (nSPS) is 20.8. The molecule has 0 bridgehead atoms. The molecule has 150 valence electrons. The van der Waals surface area contributed by atoms with E-state index in [0.29, 0.717) is 31.6 Å². The second-order valence-corrected chi connectivity index (χ2v) is 8.81. The molecule has 2 N–H and O–H groups in total. The molecule has 0 spiro atoms. The van der Waals surface area contributed by atoms with Gasteiger partial charge in [0.25, 0.3) is 0 Å². The maximum atomic E-state index is 12.2. The summed E-state index contributed by atoms with van der Waals surface area (Å²) in [5.41, 5.74) is -0.454. The molecule has 2 rings (SSSR count). The number of nitrogens with one attached hydrogen (secondary N) is 2. The van der Waals surface area contributed by atoms with Crippen LogP contribution < -0.4 is 10.6 Å². The van der Waals surface area contributed by atoms with Crippen LogP contribution in [0.4, 0.5) is 9.59 Å². The number of carbonyl (C=O) groups excluding carboxylic acids is 2. The molecule has 0 atom stereocenters. The quantitative estimate of drug-likeness (QED) is 0.791. The van der Waals surface area contributed by atoms with Gasteiger partial charge >= 0.3 is 12.1 Å². The number of hydrogen-bond donors (Lipinski definition) is 2. The van der Waals surface area contributed by atoms with E-state index in [2.05, 4.69) is 10.6 Å². The third-order valence-electron chi connectivity index (χ3n) is 5.26. The predicted molar refractivity (Wildman–Crippen MR) is 103 cm³/mol. The van der Waals surface area contributed by atoms with Crippen molar-refractivity contribution < 1.29 is 14.3 Å². The maximum absolute atomic E-state index is 12.2. The Hall–Kier alpha value is -1.46. The van der Waals surface area contributed by atoms with Crippen LogP contribution in [0.3, 0.4) is 0 Å². The van der Waals surface area contributed by atoms with Gasteiger partial charge in [-0.15, -0.1) is 0 Å². The average Bonchev–Trinajstić information content (AvgIpc) is 2.54. The summed E-state index contributed by atoms with van der Waals surface area (Å²) in [5.74, 6) is 0.428. The summed E-state index contributed by atoms with van der Waals surface area (Å²) in [6.07, 6.45) is 10.1. The highest BCUT2D eigenvalue weighted by Gasteiger charge is 2.27. The van der Waals surface area contributed by atoms with Crippen molar-refractivity contribution in [3.05, 3.63) is 0 Å². The van der Waals surface area contributed by atoms with Gasteiger partial charge in [-0.1, -0.05) is 32.1 Å². The molecule has 1 heterocycles. The third-order valence-corrected chi connectivity index (χ3v) is 5.26. The van der Waals surface area contributed by atoms with Crippen LogP contribution in [-0.2, 0) is 4.74 Å². The topological polar surface area (TPSA) is 70.7 Å². The zero-order valence-electron chi connectivity index (χ0n) is 16.8. The van der Waals surface area contributed by atoms with Crippen molar-refractivity contribution in [1.82, 2.24) is 15.5 Å². The van der Waals surface area contributed by atoms with Crippen LogP contribution in [0.2, 0.25) is 0 Å². The molecule has 1 aliphatic carbocycles. The highest BCUT2D eigenvalue weighted by Crippen LogP contribution is 2.19. The first kappa shape index (κ1) is 20.8. The van der Waals surface area contributed by atoms with Crippen molar-refractivity contribution in [1.29, 1.82) is 0 Å². The fourth-order valence-electron chi connectivity index (χ4n) is 3.72. The molecule has 0 aromatic heterocycles. The summed E-state index contributed by atoms with van der Waals surface area (Å²) in [6.45, 7) is 7.74. The van der Waals surface area contributed by atoms with Gasteiger partial charge in [-0.05, 0) is 52.4 Å². The van der Waals surface area contributed by atoms with Crippen LogP contribution in [-0.4, -0.2) is 48.3 Å². The predicted octanol–water partition coefficient (Wildman–Crippen LogP) is 4.05. The van der Waals surface area contributed by atoms with Crippen LogP contribution in [0.1, 0.15) is 78.6 Å². The van der Waals surface area contributed by atoms with E-state index in [9.17, 15) is 9.59 Å². The number of hydrogen-bond acceptors (Lipinski definition) is 3. The van der Waals surface area contributed by atoms with E-state index in [-0.39, 0.29) is 12.1 Å². The lowest BCUT2D eigenvalue weighted by molar-refractivity contribution is 0.0184. The monoisotopic (exact) mass is 367 g/mol. The minimum atomic E-state index is -0.454. The minimum Gasteiger partial charge on any atom is -0.444 e. The highest BCUT2D eigenvalue weighted by atomic mass is 16.6. The molecule has 0 unspecified atom stereocenters. The summed E-state index contributed by atoms with van der Waals surface area (Å²) in [4.78, 5) is 26.0. The number of ether oxygens (including phenoxy) is 1. The molecule has 1 saturated carbocycles. The Kier molecular flexibility index (Phi) is 8.04. The summed E-state index contributed by atoms with van der Waals surface area (Å²) >= 11 is 0. The van der Waals surface area contributed by atoms with Crippen LogP contribution in [0.15, 0.2) is 0 Å². The van der Waals surface area contributed by atoms with Gasteiger partial charge in [0.2, 0.25) is 0 Å². The summed E-state index contributed by atoms with van der Waals surface area (Å²) in [5, 5.41) is 6.18. The molecular weight excluding hydrogens is 330 g/mol. The zero-order chi connectivity index (χ0) is 19.0. The molecule has 1 aliphatic heterocycles. The van der Waals surface area contributed by atoms with Gasteiger partial charge in [0, 0.05) is 25.7 Å². The van der Waals surface area contributed by atoms with Crippen LogP contribution in [0, 0.1) is 5.92 Å². The number of amides is 3. The van der Waals surface area contributed by atoms with Crippen molar-refractivity contribution in [2.75, 3.05) is 19.6 Å². The third kappa shape index (κ3) is 7.83. The second kappa shape index (κ2) is 10.0. The maximum Gasteiger partial charge on any atom is 0.410 e. The number of urea groups is 1. The minimum absolute atomic E-state index is 0.0369. The Balaban J connectivity index is 1.63. The van der Waals surface area contributed by atoms with E-state index in [1.807, 2.05) is 20.8 Å². The first-order valence-electron chi connectivity index (χ1n) is 10.4. The first-order valence-corrected chi connectivity index (χ1v) is 10.4. The molecule has 2 fully saturated rings.